The minimum atomic E-state index is -1.02. The van der Waals surface area contributed by atoms with E-state index in [1.165, 1.54) is 19.1 Å². The maximum absolute atomic E-state index is 12.1. The van der Waals surface area contributed by atoms with E-state index in [0.29, 0.717) is 10.7 Å². The summed E-state index contributed by atoms with van der Waals surface area (Å²) in [6.45, 7) is 1.45. The molecule has 1 unspecified atom stereocenters. The number of carbonyl (C=O) groups excluding carboxylic acids is 2. The maximum atomic E-state index is 12.1. The summed E-state index contributed by atoms with van der Waals surface area (Å²) in [5.74, 6) is -1.25. The minimum Gasteiger partial charge on any atom is -0.449 e. The van der Waals surface area contributed by atoms with Crippen molar-refractivity contribution in [3.63, 3.8) is 0 Å². The Bertz CT molecular complexity index is 712. The Labute approximate surface area is 148 Å². The van der Waals surface area contributed by atoms with Crippen LogP contribution in [0.2, 0.25) is 15.1 Å². The largest absolute Gasteiger partial charge is 0.449 e. The molecule has 7 heteroatoms. The van der Waals surface area contributed by atoms with Crippen LogP contribution in [0.15, 0.2) is 42.5 Å². The fraction of sp³-hybridized carbons (Fsp3) is 0.125. The summed E-state index contributed by atoms with van der Waals surface area (Å²) in [6.07, 6.45) is -1.02. The van der Waals surface area contributed by atoms with E-state index in [9.17, 15) is 9.59 Å². The molecular formula is C16H12Cl3NO3. The van der Waals surface area contributed by atoms with Gasteiger partial charge in [0, 0.05) is 10.7 Å². The molecule has 0 aliphatic carbocycles. The van der Waals surface area contributed by atoms with Crippen LogP contribution in [0.5, 0.6) is 0 Å². The highest BCUT2D eigenvalue weighted by molar-refractivity contribution is 6.39. The van der Waals surface area contributed by atoms with E-state index in [4.69, 9.17) is 39.5 Å². The molecular weight excluding hydrogens is 361 g/mol. The molecule has 0 aliphatic rings. The smallest absolute Gasteiger partial charge is 0.341 e. The number of hydrogen-bond donors (Lipinski definition) is 1. The van der Waals surface area contributed by atoms with E-state index in [-0.39, 0.29) is 15.6 Å². The van der Waals surface area contributed by atoms with Gasteiger partial charge < -0.3 is 10.1 Å². The quantitative estimate of drug-likeness (QED) is 0.782. The number of amides is 1. The molecule has 4 nitrogen and oxygen atoms in total. The Kier molecular flexibility index (Phi) is 5.88. The summed E-state index contributed by atoms with van der Waals surface area (Å²) >= 11 is 17.6. The van der Waals surface area contributed by atoms with Crippen LogP contribution in [0.1, 0.15) is 17.3 Å². The van der Waals surface area contributed by atoms with Crippen LogP contribution in [0, 0.1) is 0 Å². The lowest BCUT2D eigenvalue weighted by molar-refractivity contribution is -0.123. The van der Waals surface area contributed by atoms with E-state index < -0.39 is 18.0 Å². The van der Waals surface area contributed by atoms with Gasteiger partial charge in [-0.25, -0.2) is 4.79 Å². The predicted molar refractivity (Wildman–Crippen MR) is 91.4 cm³/mol. The first-order valence-corrected chi connectivity index (χ1v) is 7.73. The average molecular weight is 373 g/mol. The molecule has 2 rings (SSSR count). The lowest BCUT2D eigenvalue weighted by Crippen LogP contribution is -2.30. The van der Waals surface area contributed by atoms with E-state index in [1.807, 2.05) is 0 Å². The first-order chi connectivity index (χ1) is 10.9. The van der Waals surface area contributed by atoms with Crippen molar-refractivity contribution in [2.75, 3.05) is 5.32 Å². The van der Waals surface area contributed by atoms with Crippen molar-refractivity contribution >= 4 is 52.4 Å². The third-order valence-electron chi connectivity index (χ3n) is 2.93. The number of halogens is 3. The third-order valence-corrected chi connectivity index (χ3v) is 3.81. The Balaban J connectivity index is 2.03. The van der Waals surface area contributed by atoms with Gasteiger partial charge in [0.1, 0.15) is 0 Å². The molecule has 0 spiro atoms. The van der Waals surface area contributed by atoms with Gasteiger partial charge in [0.05, 0.1) is 15.6 Å². The molecule has 0 saturated heterocycles. The summed E-state index contributed by atoms with van der Waals surface area (Å²) in [4.78, 5) is 24.2. The molecule has 0 aliphatic heterocycles. The van der Waals surface area contributed by atoms with Crippen LogP contribution in [0.4, 0.5) is 5.69 Å². The molecule has 1 atom stereocenters. The van der Waals surface area contributed by atoms with E-state index in [2.05, 4.69) is 5.32 Å². The van der Waals surface area contributed by atoms with Gasteiger partial charge in [-0.3, -0.25) is 4.79 Å². The second-order valence-electron chi connectivity index (χ2n) is 4.64. The first kappa shape index (κ1) is 17.6. The Morgan fingerprint density at radius 1 is 1.00 bits per heavy atom. The van der Waals surface area contributed by atoms with Crippen LogP contribution in [0.25, 0.3) is 0 Å². The van der Waals surface area contributed by atoms with Crippen molar-refractivity contribution in [3.05, 3.63) is 63.1 Å². The van der Waals surface area contributed by atoms with Crippen LogP contribution in [0.3, 0.4) is 0 Å². The van der Waals surface area contributed by atoms with Gasteiger partial charge in [-0.05, 0) is 43.3 Å². The highest BCUT2D eigenvalue weighted by Crippen LogP contribution is 2.25. The van der Waals surface area contributed by atoms with Crippen molar-refractivity contribution in [2.45, 2.75) is 13.0 Å². The number of nitrogens with one attached hydrogen (secondary N) is 1. The summed E-state index contributed by atoms with van der Waals surface area (Å²) in [5, 5.41) is 3.49. The van der Waals surface area contributed by atoms with E-state index in [1.54, 1.807) is 30.3 Å². The lowest BCUT2D eigenvalue weighted by Gasteiger charge is -2.14. The molecule has 2 aromatic rings. The van der Waals surface area contributed by atoms with Gasteiger partial charge in [0.2, 0.25) is 0 Å². The molecule has 1 N–H and O–H groups in total. The molecule has 0 bridgehead atoms. The molecule has 0 aromatic heterocycles. The zero-order chi connectivity index (χ0) is 17.0. The lowest BCUT2D eigenvalue weighted by atomic mass is 10.2. The topological polar surface area (TPSA) is 55.4 Å². The molecule has 23 heavy (non-hydrogen) atoms. The minimum absolute atomic E-state index is 0.0296. The van der Waals surface area contributed by atoms with Gasteiger partial charge in [-0.1, -0.05) is 40.9 Å². The third kappa shape index (κ3) is 4.61. The van der Waals surface area contributed by atoms with Gasteiger partial charge in [-0.2, -0.15) is 0 Å². The highest BCUT2D eigenvalue weighted by atomic mass is 35.5. The number of benzene rings is 2. The highest BCUT2D eigenvalue weighted by Gasteiger charge is 2.22. The molecule has 0 heterocycles. The maximum Gasteiger partial charge on any atom is 0.341 e. The molecule has 0 saturated carbocycles. The zero-order valence-corrected chi connectivity index (χ0v) is 14.2. The van der Waals surface area contributed by atoms with Crippen molar-refractivity contribution in [3.8, 4) is 0 Å². The summed E-state index contributed by atoms with van der Waals surface area (Å²) in [6, 6.07) is 11.2. The summed E-state index contributed by atoms with van der Waals surface area (Å²) in [5.41, 5.74) is 0.569. The number of carbonyl (C=O) groups is 2. The van der Waals surface area contributed by atoms with Crippen LogP contribution in [-0.2, 0) is 9.53 Å². The molecule has 1 amide bonds. The average Bonchev–Trinajstić information content (AvgIpc) is 2.49. The van der Waals surface area contributed by atoms with Crippen molar-refractivity contribution in [1.82, 2.24) is 0 Å². The van der Waals surface area contributed by atoms with Crippen LogP contribution in [-0.4, -0.2) is 18.0 Å². The summed E-state index contributed by atoms with van der Waals surface area (Å²) < 4.78 is 5.11. The number of ether oxygens (including phenoxy) is 1. The molecule has 0 fully saturated rings. The summed E-state index contributed by atoms with van der Waals surface area (Å²) in [7, 11) is 0. The normalized spacial score (nSPS) is 11.7. The van der Waals surface area contributed by atoms with E-state index >= 15 is 0 Å². The van der Waals surface area contributed by atoms with Gasteiger partial charge in [0.15, 0.2) is 6.10 Å². The van der Waals surface area contributed by atoms with Crippen molar-refractivity contribution in [1.29, 1.82) is 0 Å². The number of rotatable bonds is 4. The van der Waals surface area contributed by atoms with Crippen molar-refractivity contribution in [2.24, 2.45) is 0 Å². The van der Waals surface area contributed by atoms with Crippen LogP contribution >= 0.6 is 34.8 Å². The first-order valence-electron chi connectivity index (χ1n) is 6.60. The number of esters is 1. The fourth-order valence-electron chi connectivity index (χ4n) is 1.74. The predicted octanol–water partition coefficient (Wildman–Crippen LogP) is 4.83. The van der Waals surface area contributed by atoms with Gasteiger partial charge in [0.25, 0.3) is 5.91 Å². The standard InChI is InChI=1S/C16H12Cl3NO3/c1-9(15(21)20-11-7-5-10(17)6-8-11)23-16(22)14-12(18)3-2-4-13(14)19/h2-9H,1H3,(H,20,21). The SMILES string of the molecule is CC(OC(=O)c1c(Cl)cccc1Cl)C(=O)Nc1ccc(Cl)cc1. The second kappa shape index (κ2) is 7.68. The van der Waals surface area contributed by atoms with Gasteiger partial charge in [-0.15, -0.1) is 0 Å². The van der Waals surface area contributed by atoms with E-state index in [0.717, 1.165) is 0 Å². The fourth-order valence-corrected chi connectivity index (χ4v) is 2.42. The van der Waals surface area contributed by atoms with Crippen LogP contribution < -0.4 is 5.32 Å². The number of hydrogen-bond acceptors (Lipinski definition) is 3. The Morgan fingerprint density at radius 3 is 2.13 bits per heavy atom. The zero-order valence-electron chi connectivity index (χ0n) is 12.0. The molecule has 2 aromatic carbocycles. The van der Waals surface area contributed by atoms with Crippen molar-refractivity contribution < 1.29 is 14.3 Å². The molecule has 120 valence electrons. The Morgan fingerprint density at radius 2 is 1.57 bits per heavy atom. The second-order valence-corrected chi connectivity index (χ2v) is 5.89. The van der Waals surface area contributed by atoms with Gasteiger partial charge >= 0.3 is 5.97 Å². The Hall–Kier alpha value is -1.75. The number of anilines is 1. The molecule has 0 radical (unpaired) electrons. The monoisotopic (exact) mass is 371 g/mol.